The molecule has 0 bridgehead atoms. The lowest BCUT2D eigenvalue weighted by molar-refractivity contribution is 0.627. The molecule has 2 heterocycles. The van der Waals surface area contributed by atoms with Gasteiger partial charge in [0.15, 0.2) is 5.65 Å². The number of fused-ring (bicyclic) bond motifs is 1. The smallest absolute Gasteiger partial charge is 0.160 e. The van der Waals surface area contributed by atoms with Crippen LogP contribution in [0.4, 0.5) is 10.2 Å². The van der Waals surface area contributed by atoms with Gasteiger partial charge in [-0.2, -0.15) is 9.61 Å². The number of halogens is 2. The highest BCUT2D eigenvalue weighted by Gasteiger charge is 2.11. The molecule has 0 radical (unpaired) electrons. The number of nitrogens with one attached hydrogen (secondary N) is 1. The van der Waals surface area contributed by atoms with E-state index >= 15 is 0 Å². The first-order valence-corrected chi connectivity index (χ1v) is 7.35. The first-order chi connectivity index (χ1) is 10.5. The number of benzene rings is 1. The average molecular weight is 319 g/mol. The molecule has 0 unspecified atom stereocenters. The van der Waals surface area contributed by atoms with Crippen LogP contribution in [-0.4, -0.2) is 14.6 Å². The van der Waals surface area contributed by atoms with E-state index in [1.54, 1.807) is 16.6 Å². The molecular formula is C16H16ClFN4. The van der Waals surface area contributed by atoms with Crippen molar-refractivity contribution in [2.24, 2.45) is 0 Å². The average Bonchev–Trinajstić information content (AvgIpc) is 2.76. The maximum atomic E-state index is 13.2. The summed E-state index contributed by atoms with van der Waals surface area (Å²) in [5.74, 6) is 0.435. The second kappa shape index (κ2) is 5.57. The third kappa shape index (κ3) is 2.64. The van der Waals surface area contributed by atoms with E-state index in [1.165, 1.54) is 6.07 Å². The van der Waals surface area contributed by atoms with Crippen LogP contribution in [0.15, 0.2) is 24.3 Å². The Labute approximate surface area is 132 Å². The number of rotatable bonds is 3. The summed E-state index contributed by atoms with van der Waals surface area (Å²) in [6.45, 7) is 6.44. The van der Waals surface area contributed by atoms with E-state index in [9.17, 15) is 4.39 Å². The lowest BCUT2D eigenvalue weighted by Crippen LogP contribution is -2.07. The lowest BCUT2D eigenvalue weighted by atomic mass is 10.2. The van der Waals surface area contributed by atoms with Gasteiger partial charge in [0.25, 0.3) is 0 Å². The fourth-order valence-electron chi connectivity index (χ4n) is 2.32. The van der Waals surface area contributed by atoms with Crippen molar-refractivity contribution in [3.8, 4) is 0 Å². The third-order valence-corrected chi connectivity index (χ3v) is 3.93. The molecule has 0 saturated heterocycles. The van der Waals surface area contributed by atoms with Crippen LogP contribution in [0.1, 0.15) is 22.5 Å². The standard InChI is InChI=1S/C16H16ClFN4/c1-9-6-15(22-16(20-9)10(2)11(3)21-22)19-8-12-4-5-14(18)13(17)7-12/h4-7,19H,8H2,1-3H3. The van der Waals surface area contributed by atoms with Gasteiger partial charge in [0.2, 0.25) is 0 Å². The van der Waals surface area contributed by atoms with Crippen molar-refractivity contribution in [3.63, 3.8) is 0 Å². The van der Waals surface area contributed by atoms with E-state index in [0.29, 0.717) is 6.54 Å². The van der Waals surface area contributed by atoms with Gasteiger partial charge in [0.1, 0.15) is 11.6 Å². The molecule has 2 aromatic heterocycles. The van der Waals surface area contributed by atoms with Crippen LogP contribution in [0, 0.1) is 26.6 Å². The number of aryl methyl sites for hydroxylation is 3. The molecule has 0 fully saturated rings. The Kier molecular flexibility index (Phi) is 3.74. The van der Waals surface area contributed by atoms with Crippen molar-refractivity contribution >= 4 is 23.1 Å². The maximum Gasteiger partial charge on any atom is 0.160 e. The quantitative estimate of drug-likeness (QED) is 0.792. The summed E-state index contributed by atoms with van der Waals surface area (Å²) in [4.78, 5) is 4.53. The molecule has 3 aromatic rings. The van der Waals surface area contributed by atoms with E-state index in [0.717, 1.165) is 34.0 Å². The van der Waals surface area contributed by atoms with E-state index in [1.807, 2.05) is 26.8 Å². The van der Waals surface area contributed by atoms with E-state index in [-0.39, 0.29) is 5.02 Å². The molecule has 0 aliphatic rings. The Hall–Kier alpha value is -2.14. The summed E-state index contributed by atoms with van der Waals surface area (Å²) in [5.41, 5.74) is 4.67. The fraction of sp³-hybridized carbons (Fsp3) is 0.250. The molecule has 0 atom stereocenters. The first-order valence-electron chi connectivity index (χ1n) is 6.97. The van der Waals surface area contributed by atoms with E-state index in [2.05, 4.69) is 15.4 Å². The fourth-order valence-corrected chi connectivity index (χ4v) is 2.52. The van der Waals surface area contributed by atoms with Crippen molar-refractivity contribution in [2.75, 3.05) is 5.32 Å². The second-order valence-electron chi connectivity index (χ2n) is 5.33. The first kappa shape index (κ1) is 14.8. The molecule has 114 valence electrons. The number of hydrogen-bond acceptors (Lipinski definition) is 3. The van der Waals surface area contributed by atoms with Gasteiger partial charge < -0.3 is 5.32 Å². The van der Waals surface area contributed by atoms with E-state index < -0.39 is 5.82 Å². The van der Waals surface area contributed by atoms with Crippen LogP contribution in [0.3, 0.4) is 0 Å². The summed E-state index contributed by atoms with van der Waals surface area (Å²) in [7, 11) is 0. The minimum absolute atomic E-state index is 0.126. The SMILES string of the molecule is Cc1cc(NCc2ccc(F)c(Cl)c2)n2nc(C)c(C)c2n1. The van der Waals surface area contributed by atoms with Crippen LogP contribution in [0.5, 0.6) is 0 Å². The third-order valence-electron chi connectivity index (χ3n) is 3.64. The number of anilines is 1. The van der Waals surface area contributed by atoms with Crippen molar-refractivity contribution in [1.82, 2.24) is 14.6 Å². The van der Waals surface area contributed by atoms with Crippen molar-refractivity contribution in [2.45, 2.75) is 27.3 Å². The topological polar surface area (TPSA) is 42.2 Å². The van der Waals surface area contributed by atoms with Crippen LogP contribution in [0.25, 0.3) is 5.65 Å². The van der Waals surface area contributed by atoms with E-state index in [4.69, 9.17) is 11.6 Å². The van der Waals surface area contributed by atoms with Gasteiger partial charge in [-0.15, -0.1) is 0 Å². The Morgan fingerprint density at radius 2 is 2.00 bits per heavy atom. The molecule has 3 rings (SSSR count). The Morgan fingerprint density at radius 3 is 2.73 bits per heavy atom. The number of aromatic nitrogens is 3. The molecule has 1 N–H and O–H groups in total. The van der Waals surface area contributed by atoms with Crippen molar-refractivity contribution in [1.29, 1.82) is 0 Å². The summed E-state index contributed by atoms with van der Waals surface area (Å²) in [5, 5.41) is 7.94. The highest BCUT2D eigenvalue weighted by molar-refractivity contribution is 6.30. The lowest BCUT2D eigenvalue weighted by Gasteiger charge is -2.10. The highest BCUT2D eigenvalue weighted by Crippen LogP contribution is 2.20. The van der Waals surface area contributed by atoms with Gasteiger partial charge in [-0.3, -0.25) is 0 Å². The molecule has 0 aliphatic heterocycles. The zero-order valence-corrected chi connectivity index (χ0v) is 13.4. The molecule has 6 heteroatoms. The van der Waals surface area contributed by atoms with Crippen molar-refractivity contribution < 1.29 is 4.39 Å². The molecule has 0 aliphatic carbocycles. The van der Waals surface area contributed by atoms with Crippen LogP contribution in [0.2, 0.25) is 5.02 Å². The van der Waals surface area contributed by atoms with Gasteiger partial charge in [-0.1, -0.05) is 17.7 Å². The highest BCUT2D eigenvalue weighted by atomic mass is 35.5. The summed E-state index contributed by atoms with van der Waals surface area (Å²) < 4.78 is 15.0. The van der Waals surface area contributed by atoms with Gasteiger partial charge in [0.05, 0.1) is 10.7 Å². The zero-order valence-electron chi connectivity index (χ0n) is 12.6. The van der Waals surface area contributed by atoms with Gasteiger partial charge in [0, 0.05) is 23.9 Å². The molecule has 22 heavy (non-hydrogen) atoms. The predicted octanol–water partition coefficient (Wildman–Crippen LogP) is 4.06. The molecule has 4 nitrogen and oxygen atoms in total. The summed E-state index contributed by atoms with van der Waals surface area (Å²) in [6.07, 6.45) is 0. The Bertz CT molecular complexity index is 857. The van der Waals surface area contributed by atoms with Gasteiger partial charge >= 0.3 is 0 Å². The minimum Gasteiger partial charge on any atom is -0.366 e. The monoisotopic (exact) mass is 318 g/mol. The molecule has 0 saturated carbocycles. The van der Waals surface area contributed by atoms with Gasteiger partial charge in [-0.05, 0) is 38.5 Å². The Balaban J connectivity index is 1.93. The van der Waals surface area contributed by atoms with Crippen molar-refractivity contribution in [3.05, 3.63) is 57.6 Å². The predicted molar refractivity (Wildman–Crippen MR) is 85.9 cm³/mol. The largest absolute Gasteiger partial charge is 0.366 e. The van der Waals surface area contributed by atoms with Crippen LogP contribution < -0.4 is 5.32 Å². The zero-order chi connectivity index (χ0) is 15.9. The van der Waals surface area contributed by atoms with Gasteiger partial charge in [-0.25, -0.2) is 9.37 Å². The molecule has 0 amide bonds. The number of hydrogen-bond donors (Lipinski definition) is 1. The maximum absolute atomic E-state index is 13.2. The second-order valence-corrected chi connectivity index (χ2v) is 5.74. The molecule has 0 spiro atoms. The summed E-state index contributed by atoms with van der Waals surface area (Å²) >= 11 is 5.81. The van der Waals surface area contributed by atoms with Crippen LogP contribution in [-0.2, 0) is 6.54 Å². The molecular weight excluding hydrogens is 303 g/mol. The summed E-state index contributed by atoms with van der Waals surface area (Å²) in [6, 6.07) is 6.63. The van der Waals surface area contributed by atoms with Crippen LogP contribution >= 0.6 is 11.6 Å². The Morgan fingerprint density at radius 1 is 1.23 bits per heavy atom. The minimum atomic E-state index is -0.411. The number of nitrogens with zero attached hydrogens (tertiary/aromatic N) is 3. The normalized spacial score (nSPS) is 11.1. The molecule has 1 aromatic carbocycles.